The number of rotatable bonds is 5. The van der Waals surface area contributed by atoms with E-state index in [2.05, 4.69) is 5.32 Å². The third kappa shape index (κ3) is 3.39. The molecule has 6 heteroatoms. The van der Waals surface area contributed by atoms with Crippen molar-refractivity contribution in [3.8, 4) is 0 Å². The lowest BCUT2D eigenvalue weighted by Crippen LogP contribution is -2.16. The van der Waals surface area contributed by atoms with Crippen molar-refractivity contribution in [1.82, 2.24) is 0 Å². The fourth-order valence-electron chi connectivity index (χ4n) is 1.37. The van der Waals surface area contributed by atoms with Crippen LogP contribution >= 0.6 is 0 Å². The zero-order valence-electron chi connectivity index (χ0n) is 9.01. The molecule has 1 aromatic rings. The van der Waals surface area contributed by atoms with E-state index in [9.17, 15) is 10.1 Å². The van der Waals surface area contributed by atoms with Gasteiger partial charge >= 0.3 is 0 Å². The first kappa shape index (κ1) is 12.3. The molecular weight excluding hydrogens is 210 g/mol. The summed E-state index contributed by atoms with van der Waals surface area (Å²) in [6, 6.07) is 4.39. The second kappa shape index (κ2) is 5.32. The molecule has 0 amide bonds. The van der Waals surface area contributed by atoms with E-state index in [1.54, 1.807) is 6.07 Å². The Bertz CT molecular complexity index is 382. The summed E-state index contributed by atoms with van der Waals surface area (Å²) < 4.78 is 0. The van der Waals surface area contributed by atoms with Gasteiger partial charge in [-0.2, -0.15) is 0 Å². The first-order valence-corrected chi connectivity index (χ1v) is 4.95. The number of hydrogen-bond acceptors (Lipinski definition) is 5. The van der Waals surface area contributed by atoms with Crippen molar-refractivity contribution < 1.29 is 10.0 Å². The lowest BCUT2D eigenvalue weighted by molar-refractivity contribution is -0.384. The van der Waals surface area contributed by atoms with Crippen LogP contribution in [0.4, 0.5) is 17.1 Å². The average Bonchev–Trinajstić information content (AvgIpc) is 2.16. The summed E-state index contributed by atoms with van der Waals surface area (Å²) in [7, 11) is 0. The number of anilines is 2. The fourth-order valence-corrected chi connectivity index (χ4v) is 1.37. The number of nitrogen functional groups attached to an aromatic ring is 1. The van der Waals surface area contributed by atoms with Gasteiger partial charge in [-0.3, -0.25) is 10.1 Å². The van der Waals surface area contributed by atoms with Crippen LogP contribution in [0.2, 0.25) is 0 Å². The average molecular weight is 225 g/mol. The Kier molecular flexibility index (Phi) is 4.07. The Labute approximate surface area is 93.2 Å². The molecule has 0 bridgehead atoms. The summed E-state index contributed by atoms with van der Waals surface area (Å²) in [6.45, 7) is 1.95. The zero-order chi connectivity index (χ0) is 12.1. The van der Waals surface area contributed by atoms with Crippen LogP contribution in [-0.4, -0.2) is 22.7 Å². The van der Waals surface area contributed by atoms with Crippen LogP contribution in [0, 0.1) is 10.1 Å². The molecule has 88 valence electrons. The van der Waals surface area contributed by atoms with E-state index < -0.39 is 4.92 Å². The Morgan fingerprint density at radius 3 is 2.81 bits per heavy atom. The van der Waals surface area contributed by atoms with Gasteiger partial charge < -0.3 is 16.2 Å². The van der Waals surface area contributed by atoms with Gasteiger partial charge in [0.1, 0.15) is 0 Å². The number of aliphatic hydroxyl groups excluding tert-OH is 1. The Hall–Kier alpha value is -1.82. The molecule has 0 heterocycles. The predicted molar refractivity (Wildman–Crippen MR) is 62.3 cm³/mol. The van der Waals surface area contributed by atoms with Crippen LogP contribution in [0.3, 0.4) is 0 Å². The minimum atomic E-state index is -0.488. The minimum Gasteiger partial charge on any atom is -0.398 e. The van der Waals surface area contributed by atoms with Crippen molar-refractivity contribution in [1.29, 1.82) is 0 Å². The largest absolute Gasteiger partial charge is 0.398 e. The number of non-ortho nitro benzene ring substituents is 1. The van der Waals surface area contributed by atoms with Crippen molar-refractivity contribution in [2.75, 3.05) is 17.7 Å². The number of nitrogens with one attached hydrogen (secondary N) is 1. The molecular formula is C10H15N3O3. The lowest BCUT2D eigenvalue weighted by Gasteiger charge is -2.14. The Morgan fingerprint density at radius 2 is 2.25 bits per heavy atom. The van der Waals surface area contributed by atoms with Gasteiger partial charge in [-0.15, -0.1) is 0 Å². The smallest absolute Gasteiger partial charge is 0.273 e. The molecule has 0 saturated heterocycles. The molecule has 1 aromatic carbocycles. The van der Waals surface area contributed by atoms with Crippen molar-refractivity contribution in [2.45, 2.75) is 19.4 Å². The van der Waals surface area contributed by atoms with Crippen LogP contribution in [0.15, 0.2) is 18.2 Å². The fraction of sp³-hybridized carbons (Fsp3) is 0.400. The van der Waals surface area contributed by atoms with Crippen molar-refractivity contribution >= 4 is 17.1 Å². The quantitative estimate of drug-likeness (QED) is 0.399. The SMILES string of the molecule is CC(CCO)Nc1cc(N)cc([N+](=O)[O-])c1. The number of nitrogens with zero attached hydrogens (tertiary/aromatic N) is 1. The van der Waals surface area contributed by atoms with Gasteiger partial charge in [0.05, 0.1) is 4.92 Å². The number of nitro benzene ring substituents is 1. The van der Waals surface area contributed by atoms with Crippen LogP contribution < -0.4 is 11.1 Å². The maximum Gasteiger partial charge on any atom is 0.273 e. The van der Waals surface area contributed by atoms with E-state index >= 15 is 0 Å². The predicted octanol–water partition coefficient (Wildman–Crippen LogP) is 1.36. The maximum absolute atomic E-state index is 10.6. The highest BCUT2D eigenvalue weighted by Crippen LogP contribution is 2.23. The van der Waals surface area contributed by atoms with Gasteiger partial charge in [0.15, 0.2) is 0 Å². The number of nitro groups is 1. The third-order valence-electron chi connectivity index (χ3n) is 2.13. The van der Waals surface area contributed by atoms with E-state index in [-0.39, 0.29) is 18.3 Å². The number of nitrogens with two attached hydrogens (primary N) is 1. The van der Waals surface area contributed by atoms with Gasteiger partial charge in [0.2, 0.25) is 0 Å². The normalized spacial score (nSPS) is 12.1. The maximum atomic E-state index is 10.6. The monoisotopic (exact) mass is 225 g/mol. The molecule has 0 aromatic heterocycles. The highest BCUT2D eigenvalue weighted by Gasteiger charge is 2.09. The van der Waals surface area contributed by atoms with Gasteiger partial charge in [-0.1, -0.05) is 0 Å². The van der Waals surface area contributed by atoms with E-state index in [4.69, 9.17) is 10.8 Å². The highest BCUT2D eigenvalue weighted by molar-refractivity contribution is 5.61. The molecule has 16 heavy (non-hydrogen) atoms. The molecule has 0 aliphatic heterocycles. The minimum absolute atomic E-state index is 0.0337. The van der Waals surface area contributed by atoms with Crippen molar-refractivity contribution in [3.63, 3.8) is 0 Å². The summed E-state index contributed by atoms with van der Waals surface area (Å²) in [5, 5.41) is 22.4. The Morgan fingerprint density at radius 1 is 1.56 bits per heavy atom. The molecule has 0 radical (unpaired) electrons. The lowest BCUT2D eigenvalue weighted by atomic mass is 10.2. The molecule has 1 unspecified atom stereocenters. The molecule has 6 nitrogen and oxygen atoms in total. The molecule has 0 aliphatic rings. The van der Waals surface area contributed by atoms with E-state index in [1.165, 1.54) is 12.1 Å². The summed E-state index contributed by atoms with van der Waals surface area (Å²) in [6.07, 6.45) is 0.572. The second-order valence-corrected chi connectivity index (χ2v) is 3.63. The van der Waals surface area contributed by atoms with E-state index in [1.807, 2.05) is 6.92 Å². The van der Waals surface area contributed by atoms with Gasteiger partial charge in [-0.05, 0) is 19.4 Å². The summed E-state index contributed by atoms with van der Waals surface area (Å²) in [4.78, 5) is 10.1. The molecule has 0 spiro atoms. The van der Waals surface area contributed by atoms with Crippen LogP contribution in [0.25, 0.3) is 0 Å². The van der Waals surface area contributed by atoms with E-state index in [0.717, 1.165) is 0 Å². The molecule has 0 saturated carbocycles. The molecule has 1 atom stereocenters. The summed E-state index contributed by atoms with van der Waals surface area (Å²) in [5.74, 6) is 0. The van der Waals surface area contributed by atoms with Crippen molar-refractivity contribution in [2.24, 2.45) is 0 Å². The molecule has 1 rings (SSSR count). The van der Waals surface area contributed by atoms with E-state index in [0.29, 0.717) is 17.8 Å². The molecule has 0 aliphatic carbocycles. The standard InChI is InChI=1S/C10H15N3O3/c1-7(2-3-14)12-9-4-8(11)5-10(6-9)13(15)16/h4-7,12,14H,2-3,11H2,1H3. The zero-order valence-corrected chi connectivity index (χ0v) is 9.01. The van der Waals surface area contributed by atoms with Crippen LogP contribution in [0.5, 0.6) is 0 Å². The second-order valence-electron chi connectivity index (χ2n) is 3.63. The third-order valence-corrected chi connectivity index (χ3v) is 2.13. The summed E-state index contributed by atoms with van der Waals surface area (Å²) >= 11 is 0. The van der Waals surface area contributed by atoms with Gasteiger partial charge in [0.25, 0.3) is 5.69 Å². The Balaban J connectivity index is 2.84. The molecule has 0 fully saturated rings. The van der Waals surface area contributed by atoms with Gasteiger partial charge in [0, 0.05) is 36.2 Å². The van der Waals surface area contributed by atoms with Crippen LogP contribution in [0.1, 0.15) is 13.3 Å². The molecule has 4 N–H and O–H groups in total. The number of benzene rings is 1. The number of hydrogen-bond donors (Lipinski definition) is 3. The van der Waals surface area contributed by atoms with Crippen LogP contribution in [-0.2, 0) is 0 Å². The van der Waals surface area contributed by atoms with Crippen molar-refractivity contribution in [3.05, 3.63) is 28.3 Å². The first-order valence-electron chi connectivity index (χ1n) is 4.95. The van der Waals surface area contributed by atoms with Gasteiger partial charge in [-0.25, -0.2) is 0 Å². The first-order chi connectivity index (χ1) is 7.52. The highest BCUT2D eigenvalue weighted by atomic mass is 16.6. The topological polar surface area (TPSA) is 101 Å². The number of aliphatic hydroxyl groups is 1. The summed E-state index contributed by atoms with van der Waals surface area (Å²) in [5.41, 5.74) is 6.44.